The Labute approximate surface area is 89.6 Å². The van der Waals surface area contributed by atoms with Crippen LogP contribution in [0, 0.1) is 0 Å². The zero-order valence-electron chi connectivity index (χ0n) is 9.36. The molecule has 0 fully saturated rings. The zero-order chi connectivity index (χ0) is 11.3. The van der Waals surface area contributed by atoms with E-state index in [1.54, 1.807) is 26.6 Å². The topological polar surface area (TPSA) is 70.3 Å². The molecule has 0 bridgehead atoms. The maximum absolute atomic E-state index is 6.20. The average molecular weight is 211 g/mol. The van der Waals surface area contributed by atoms with Crippen molar-refractivity contribution in [1.82, 2.24) is 9.97 Å². The van der Waals surface area contributed by atoms with Gasteiger partial charge in [0.15, 0.2) is 0 Å². The summed E-state index contributed by atoms with van der Waals surface area (Å²) in [5, 5.41) is 0. The summed E-state index contributed by atoms with van der Waals surface area (Å²) in [7, 11) is 3.16. The summed E-state index contributed by atoms with van der Waals surface area (Å²) in [5.41, 5.74) is 6.19. The molecule has 0 saturated carbocycles. The number of nitrogens with two attached hydrogens (primary N) is 1. The molecule has 2 N–H and O–H groups in total. The van der Waals surface area contributed by atoms with Crippen LogP contribution in [-0.2, 0) is 10.3 Å². The van der Waals surface area contributed by atoms with Crippen LogP contribution in [0.3, 0.4) is 0 Å². The summed E-state index contributed by atoms with van der Waals surface area (Å²) in [6.07, 6.45) is 3.88. The van der Waals surface area contributed by atoms with Crippen LogP contribution in [0.2, 0.25) is 0 Å². The molecule has 0 aliphatic rings. The minimum atomic E-state index is -0.644. The van der Waals surface area contributed by atoms with Crippen molar-refractivity contribution in [1.29, 1.82) is 0 Å². The Bertz CT molecular complexity index is 319. The molecule has 1 atom stereocenters. The van der Waals surface area contributed by atoms with Crippen LogP contribution in [0.5, 0.6) is 5.88 Å². The van der Waals surface area contributed by atoms with Crippen molar-refractivity contribution in [2.45, 2.75) is 18.9 Å². The van der Waals surface area contributed by atoms with E-state index in [4.69, 9.17) is 15.2 Å². The predicted octanol–water partition coefficient (Wildman–Crippen LogP) is 0.696. The van der Waals surface area contributed by atoms with Crippen LogP contribution in [0.1, 0.15) is 19.0 Å². The van der Waals surface area contributed by atoms with E-state index in [-0.39, 0.29) is 0 Å². The first kappa shape index (κ1) is 11.9. The number of rotatable bonds is 5. The monoisotopic (exact) mass is 211 g/mol. The second-order valence-electron chi connectivity index (χ2n) is 3.36. The van der Waals surface area contributed by atoms with Gasteiger partial charge in [0.05, 0.1) is 19.3 Å². The van der Waals surface area contributed by atoms with Gasteiger partial charge in [-0.25, -0.2) is 4.98 Å². The number of hydrogen-bond donors (Lipinski definition) is 1. The van der Waals surface area contributed by atoms with E-state index in [1.807, 2.05) is 6.92 Å². The van der Waals surface area contributed by atoms with Crippen molar-refractivity contribution in [3.63, 3.8) is 0 Å². The van der Waals surface area contributed by atoms with E-state index in [9.17, 15) is 0 Å². The zero-order valence-corrected chi connectivity index (χ0v) is 9.36. The highest BCUT2D eigenvalue weighted by atomic mass is 16.5. The molecule has 5 nitrogen and oxygen atoms in total. The molecule has 0 aromatic carbocycles. The van der Waals surface area contributed by atoms with Gasteiger partial charge < -0.3 is 15.2 Å². The highest BCUT2D eigenvalue weighted by Crippen LogP contribution is 2.26. The Morgan fingerprint density at radius 1 is 1.33 bits per heavy atom. The van der Waals surface area contributed by atoms with Gasteiger partial charge in [-0.3, -0.25) is 4.98 Å². The van der Waals surface area contributed by atoms with E-state index in [0.717, 1.165) is 0 Å². The van der Waals surface area contributed by atoms with E-state index < -0.39 is 5.54 Å². The lowest BCUT2D eigenvalue weighted by atomic mass is 9.94. The normalized spacial score (nSPS) is 14.7. The largest absolute Gasteiger partial charge is 0.480 e. The predicted molar refractivity (Wildman–Crippen MR) is 56.6 cm³/mol. The van der Waals surface area contributed by atoms with E-state index in [0.29, 0.717) is 24.6 Å². The van der Waals surface area contributed by atoms with Gasteiger partial charge in [-0.2, -0.15) is 0 Å². The molecule has 1 aromatic rings. The molecule has 0 aliphatic carbocycles. The Kier molecular flexibility index (Phi) is 3.99. The Morgan fingerprint density at radius 2 is 2.00 bits per heavy atom. The third-order valence-electron chi connectivity index (χ3n) is 2.36. The molecule has 1 heterocycles. The molecule has 0 radical (unpaired) electrons. The Morgan fingerprint density at radius 3 is 2.53 bits per heavy atom. The lowest BCUT2D eigenvalue weighted by Gasteiger charge is -2.27. The summed E-state index contributed by atoms with van der Waals surface area (Å²) < 4.78 is 10.2. The van der Waals surface area contributed by atoms with Gasteiger partial charge in [0.25, 0.3) is 0 Å². The van der Waals surface area contributed by atoms with Crippen LogP contribution in [0.25, 0.3) is 0 Å². The Hall–Kier alpha value is -1.20. The fourth-order valence-corrected chi connectivity index (χ4v) is 1.41. The maximum Gasteiger partial charge on any atom is 0.237 e. The fourth-order valence-electron chi connectivity index (χ4n) is 1.41. The van der Waals surface area contributed by atoms with E-state index in [1.165, 1.54) is 0 Å². The third-order valence-corrected chi connectivity index (χ3v) is 2.36. The molecule has 0 spiro atoms. The maximum atomic E-state index is 6.20. The van der Waals surface area contributed by atoms with Crippen LogP contribution >= 0.6 is 0 Å². The van der Waals surface area contributed by atoms with Gasteiger partial charge in [-0.15, -0.1) is 0 Å². The van der Waals surface area contributed by atoms with Crippen molar-refractivity contribution >= 4 is 0 Å². The Balaban J connectivity index is 3.10. The number of aromatic nitrogens is 2. The smallest absolute Gasteiger partial charge is 0.237 e. The quantitative estimate of drug-likeness (QED) is 0.776. The molecule has 0 saturated heterocycles. The molecule has 5 heteroatoms. The SMILES string of the molecule is CCC(N)(COC)c1nccnc1OC. The van der Waals surface area contributed by atoms with Crippen molar-refractivity contribution in [2.75, 3.05) is 20.8 Å². The second kappa shape index (κ2) is 5.04. The van der Waals surface area contributed by atoms with Crippen LogP contribution in [0.15, 0.2) is 12.4 Å². The highest BCUT2D eigenvalue weighted by molar-refractivity contribution is 5.25. The molecule has 1 aromatic heterocycles. The molecule has 0 amide bonds. The second-order valence-corrected chi connectivity index (χ2v) is 3.36. The van der Waals surface area contributed by atoms with Crippen LogP contribution in [0.4, 0.5) is 0 Å². The van der Waals surface area contributed by atoms with Crippen LogP contribution in [-0.4, -0.2) is 30.8 Å². The molecule has 1 rings (SSSR count). The summed E-state index contributed by atoms with van der Waals surface area (Å²) >= 11 is 0. The van der Waals surface area contributed by atoms with Gasteiger partial charge in [-0.05, 0) is 6.42 Å². The standard InChI is InChI=1S/C10H17N3O2/c1-4-10(11,7-14-2)8-9(15-3)13-6-5-12-8/h5-6H,4,7,11H2,1-3H3. The van der Waals surface area contributed by atoms with Crippen molar-refractivity contribution in [3.8, 4) is 5.88 Å². The summed E-state index contributed by atoms with van der Waals surface area (Å²) in [6.45, 7) is 2.37. The first-order valence-electron chi connectivity index (χ1n) is 4.81. The molecule has 84 valence electrons. The molecular formula is C10H17N3O2. The summed E-state index contributed by atoms with van der Waals surface area (Å²) in [6, 6.07) is 0. The minimum Gasteiger partial charge on any atom is -0.480 e. The summed E-state index contributed by atoms with van der Waals surface area (Å²) in [5.74, 6) is 0.457. The number of nitrogens with zero attached hydrogens (tertiary/aromatic N) is 2. The number of hydrogen-bond acceptors (Lipinski definition) is 5. The van der Waals surface area contributed by atoms with Gasteiger partial charge in [0.1, 0.15) is 5.69 Å². The van der Waals surface area contributed by atoms with Crippen molar-refractivity contribution in [2.24, 2.45) is 5.73 Å². The number of methoxy groups -OCH3 is 2. The van der Waals surface area contributed by atoms with Gasteiger partial charge in [0.2, 0.25) is 5.88 Å². The molecule has 15 heavy (non-hydrogen) atoms. The van der Waals surface area contributed by atoms with Crippen LogP contribution < -0.4 is 10.5 Å². The summed E-state index contributed by atoms with van der Waals surface area (Å²) in [4.78, 5) is 8.29. The minimum absolute atomic E-state index is 0.387. The van der Waals surface area contributed by atoms with Crippen molar-refractivity contribution < 1.29 is 9.47 Å². The third kappa shape index (κ3) is 2.43. The average Bonchev–Trinajstić information content (AvgIpc) is 2.29. The first-order chi connectivity index (χ1) is 7.18. The van der Waals surface area contributed by atoms with E-state index >= 15 is 0 Å². The highest BCUT2D eigenvalue weighted by Gasteiger charge is 2.31. The lowest BCUT2D eigenvalue weighted by molar-refractivity contribution is 0.124. The van der Waals surface area contributed by atoms with Gasteiger partial charge >= 0.3 is 0 Å². The fraction of sp³-hybridized carbons (Fsp3) is 0.600. The lowest BCUT2D eigenvalue weighted by Crippen LogP contribution is -2.41. The van der Waals surface area contributed by atoms with Gasteiger partial charge in [-0.1, -0.05) is 6.92 Å². The molecule has 0 aliphatic heterocycles. The van der Waals surface area contributed by atoms with E-state index in [2.05, 4.69) is 9.97 Å². The van der Waals surface area contributed by atoms with Gasteiger partial charge in [0, 0.05) is 19.5 Å². The molecule has 1 unspecified atom stereocenters. The molecular weight excluding hydrogens is 194 g/mol. The number of ether oxygens (including phenoxy) is 2. The first-order valence-corrected chi connectivity index (χ1v) is 4.81. The van der Waals surface area contributed by atoms with Crippen molar-refractivity contribution in [3.05, 3.63) is 18.1 Å².